The van der Waals surface area contributed by atoms with Gasteiger partial charge in [-0.1, -0.05) is 60.7 Å². The first-order valence-electron chi connectivity index (χ1n) is 9.61. The van der Waals surface area contributed by atoms with Crippen LogP contribution in [0, 0.1) is 10.1 Å². The summed E-state index contributed by atoms with van der Waals surface area (Å²) in [6.07, 6.45) is 4.34. The Morgan fingerprint density at radius 2 is 1.52 bits per heavy atom. The summed E-state index contributed by atoms with van der Waals surface area (Å²) >= 11 is 0. The third-order valence-electron chi connectivity index (χ3n) is 4.53. The third kappa shape index (κ3) is 4.99. The van der Waals surface area contributed by atoms with Gasteiger partial charge < -0.3 is 9.64 Å². The van der Waals surface area contributed by atoms with Crippen LogP contribution in [-0.2, 0) is 13.1 Å². The van der Waals surface area contributed by atoms with Crippen LogP contribution in [0.3, 0.4) is 0 Å². The van der Waals surface area contributed by atoms with Crippen LogP contribution in [0.5, 0.6) is 11.6 Å². The van der Waals surface area contributed by atoms with E-state index < -0.39 is 4.92 Å². The zero-order valence-corrected chi connectivity index (χ0v) is 16.5. The minimum atomic E-state index is -0.510. The molecule has 0 spiro atoms. The molecular formula is C23H19N5O3. The summed E-state index contributed by atoms with van der Waals surface area (Å²) in [5, 5.41) is 12.0. The zero-order chi connectivity index (χ0) is 21.5. The van der Waals surface area contributed by atoms with E-state index in [0.717, 1.165) is 11.1 Å². The number of anilines is 1. The van der Waals surface area contributed by atoms with Crippen LogP contribution in [0.2, 0.25) is 0 Å². The minimum absolute atomic E-state index is 0.130. The van der Waals surface area contributed by atoms with Gasteiger partial charge in [-0.3, -0.25) is 15.1 Å². The van der Waals surface area contributed by atoms with E-state index in [1.807, 2.05) is 65.6 Å². The molecule has 0 unspecified atom stereocenters. The van der Waals surface area contributed by atoms with Gasteiger partial charge in [0, 0.05) is 19.3 Å². The summed E-state index contributed by atoms with van der Waals surface area (Å²) in [6, 6.07) is 22.8. The fourth-order valence-electron chi connectivity index (χ4n) is 3.15. The van der Waals surface area contributed by atoms with Crippen LogP contribution >= 0.6 is 0 Å². The van der Waals surface area contributed by atoms with Gasteiger partial charge in [0.25, 0.3) is 0 Å². The number of pyridine rings is 1. The van der Waals surface area contributed by atoms with E-state index in [4.69, 9.17) is 4.74 Å². The molecule has 4 rings (SSSR count). The highest BCUT2D eigenvalue weighted by Crippen LogP contribution is 2.37. The van der Waals surface area contributed by atoms with Crippen molar-refractivity contribution in [3.63, 3.8) is 0 Å². The lowest BCUT2D eigenvalue weighted by molar-refractivity contribution is -0.385. The first-order valence-corrected chi connectivity index (χ1v) is 9.61. The van der Waals surface area contributed by atoms with Gasteiger partial charge in [-0.2, -0.15) is 4.98 Å². The van der Waals surface area contributed by atoms with E-state index in [9.17, 15) is 10.1 Å². The van der Waals surface area contributed by atoms with Gasteiger partial charge in [0.2, 0.25) is 5.82 Å². The highest BCUT2D eigenvalue weighted by atomic mass is 16.6. The number of rotatable bonds is 8. The molecule has 0 atom stereocenters. The molecule has 8 nitrogen and oxygen atoms in total. The number of nitro groups is 1. The Balaban J connectivity index is 1.75. The van der Waals surface area contributed by atoms with Gasteiger partial charge in [0.05, 0.1) is 11.1 Å². The summed E-state index contributed by atoms with van der Waals surface area (Å²) in [7, 11) is 0. The van der Waals surface area contributed by atoms with E-state index in [1.165, 1.54) is 12.5 Å². The first kappa shape index (κ1) is 20.0. The van der Waals surface area contributed by atoms with Gasteiger partial charge in [0.15, 0.2) is 0 Å². The van der Waals surface area contributed by atoms with Crippen molar-refractivity contribution in [2.75, 3.05) is 4.90 Å². The Kier molecular flexibility index (Phi) is 6.08. The average molecular weight is 413 g/mol. The fraction of sp³-hybridized carbons (Fsp3) is 0.0870. The van der Waals surface area contributed by atoms with Crippen LogP contribution in [0.15, 0.2) is 91.5 Å². The summed E-state index contributed by atoms with van der Waals surface area (Å²) in [5.41, 5.74) is 1.71. The molecule has 0 N–H and O–H groups in total. The summed E-state index contributed by atoms with van der Waals surface area (Å²) in [4.78, 5) is 25.7. The number of nitrogens with zero attached hydrogens (tertiary/aromatic N) is 5. The van der Waals surface area contributed by atoms with E-state index in [2.05, 4.69) is 15.0 Å². The molecule has 0 bridgehead atoms. The zero-order valence-electron chi connectivity index (χ0n) is 16.5. The molecule has 0 saturated heterocycles. The molecule has 2 aromatic heterocycles. The maximum absolute atomic E-state index is 12.0. The molecule has 154 valence electrons. The topological polar surface area (TPSA) is 94.3 Å². The molecule has 31 heavy (non-hydrogen) atoms. The van der Waals surface area contributed by atoms with E-state index in [0.29, 0.717) is 18.8 Å². The number of aromatic nitrogens is 3. The van der Waals surface area contributed by atoms with Gasteiger partial charge in [-0.15, -0.1) is 0 Å². The lowest BCUT2D eigenvalue weighted by Crippen LogP contribution is -2.24. The smallest absolute Gasteiger partial charge is 0.373 e. The van der Waals surface area contributed by atoms with Crippen LogP contribution in [0.4, 0.5) is 11.5 Å². The standard InChI is InChI=1S/C23H19N5O3/c29-28(30)21-22(25-17-26-23(21)31-20-12-7-13-24-14-20)27(15-18-8-3-1-4-9-18)16-19-10-5-2-6-11-19/h1-14,17H,15-16H2. The van der Waals surface area contributed by atoms with Crippen molar-refractivity contribution in [3.05, 3.63) is 113 Å². The van der Waals surface area contributed by atoms with Crippen LogP contribution in [0.25, 0.3) is 0 Å². The fourth-order valence-corrected chi connectivity index (χ4v) is 3.15. The van der Waals surface area contributed by atoms with Crippen molar-refractivity contribution in [3.8, 4) is 11.6 Å². The quantitative estimate of drug-likeness (QED) is 0.303. The Bertz CT molecular complexity index is 1100. The predicted octanol–water partition coefficient (Wildman–Crippen LogP) is 4.78. The molecule has 0 aliphatic rings. The average Bonchev–Trinajstić information content (AvgIpc) is 2.80. The molecule has 0 radical (unpaired) electrons. The maximum atomic E-state index is 12.0. The highest BCUT2D eigenvalue weighted by Gasteiger charge is 2.29. The maximum Gasteiger partial charge on any atom is 0.373 e. The van der Waals surface area contributed by atoms with Gasteiger partial charge in [0.1, 0.15) is 12.1 Å². The largest absolute Gasteiger partial charge is 0.432 e. The molecule has 0 amide bonds. The highest BCUT2D eigenvalue weighted by molar-refractivity contribution is 5.63. The first-order chi connectivity index (χ1) is 15.2. The third-order valence-corrected chi connectivity index (χ3v) is 4.53. The molecule has 4 aromatic rings. The Labute approximate surface area is 179 Å². The number of benzene rings is 2. The van der Waals surface area contributed by atoms with Crippen LogP contribution in [-0.4, -0.2) is 19.9 Å². The molecule has 8 heteroatoms. The second kappa shape index (κ2) is 9.45. The number of hydrogen-bond acceptors (Lipinski definition) is 7. The van der Waals surface area contributed by atoms with E-state index in [-0.39, 0.29) is 17.4 Å². The Morgan fingerprint density at radius 3 is 2.06 bits per heavy atom. The van der Waals surface area contributed by atoms with Gasteiger partial charge in [-0.05, 0) is 23.3 Å². The van der Waals surface area contributed by atoms with Gasteiger partial charge in [-0.25, -0.2) is 4.98 Å². The second-order valence-corrected chi connectivity index (χ2v) is 6.73. The molecule has 2 aromatic carbocycles. The Morgan fingerprint density at radius 1 is 0.871 bits per heavy atom. The van der Waals surface area contributed by atoms with E-state index in [1.54, 1.807) is 18.3 Å². The number of hydrogen-bond donors (Lipinski definition) is 0. The molecule has 2 heterocycles. The van der Waals surface area contributed by atoms with Crippen LogP contribution in [0.1, 0.15) is 11.1 Å². The molecule has 0 aliphatic heterocycles. The van der Waals surface area contributed by atoms with E-state index >= 15 is 0 Å². The van der Waals surface area contributed by atoms with Crippen molar-refractivity contribution >= 4 is 11.5 Å². The number of ether oxygens (including phenoxy) is 1. The monoisotopic (exact) mass is 413 g/mol. The summed E-state index contributed by atoms with van der Waals surface area (Å²) in [5.74, 6) is 0.411. The lowest BCUT2D eigenvalue weighted by atomic mass is 10.1. The van der Waals surface area contributed by atoms with Gasteiger partial charge >= 0.3 is 11.6 Å². The van der Waals surface area contributed by atoms with Crippen molar-refractivity contribution in [1.82, 2.24) is 15.0 Å². The molecule has 0 saturated carbocycles. The predicted molar refractivity (Wildman–Crippen MR) is 116 cm³/mol. The normalized spacial score (nSPS) is 10.5. The van der Waals surface area contributed by atoms with Crippen molar-refractivity contribution in [2.24, 2.45) is 0 Å². The minimum Gasteiger partial charge on any atom is -0.432 e. The van der Waals surface area contributed by atoms with Crippen molar-refractivity contribution in [1.29, 1.82) is 0 Å². The van der Waals surface area contributed by atoms with Crippen molar-refractivity contribution in [2.45, 2.75) is 13.1 Å². The second-order valence-electron chi connectivity index (χ2n) is 6.73. The summed E-state index contributed by atoms with van der Waals surface area (Å²) < 4.78 is 5.68. The molecular weight excluding hydrogens is 394 g/mol. The molecule has 0 fully saturated rings. The summed E-state index contributed by atoms with van der Waals surface area (Å²) in [6.45, 7) is 0.861. The SMILES string of the molecule is O=[N+]([O-])c1c(Oc2cccnc2)ncnc1N(Cc1ccccc1)Cc1ccccc1. The van der Waals surface area contributed by atoms with Crippen molar-refractivity contribution < 1.29 is 9.66 Å². The Hall–Kier alpha value is -4.33. The van der Waals surface area contributed by atoms with Crippen LogP contribution < -0.4 is 9.64 Å². The molecule has 0 aliphatic carbocycles. The lowest BCUT2D eigenvalue weighted by Gasteiger charge is -2.24.